The first-order valence-corrected chi connectivity index (χ1v) is 4.26. The molecule has 0 amide bonds. The average Bonchev–Trinajstić information content (AvgIpc) is 2.11. The Balaban J connectivity index is 4.14. The fraction of sp³-hybridized carbons (Fsp3) is 0.667. The standard InChI is InChI=1S/C9H14F2O2/c1-3-4-5-6-7(8(10)11)9(12)13-2/h3-6H2,1-2H3. The molecule has 0 aromatic carbocycles. The highest BCUT2D eigenvalue weighted by molar-refractivity contribution is 5.88. The van der Waals surface area contributed by atoms with Gasteiger partial charge in [0.25, 0.3) is 6.08 Å². The van der Waals surface area contributed by atoms with Gasteiger partial charge in [-0.15, -0.1) is 0 Å². The smallest absolute Gasteiger partial charge is 0.339 e. The van der Waals surface area contributed by atoms with Crippen LogP contribution < -0.4 is 0 Å². The predicted molar refractivity (Wildman–Crippen MR) is 45.4 cm³/mol. The number of carbonyl (C=O) groups is 1. The zero-order chi connectivity index (χ0) is 10.3. The van der Waals surface area contributed by atoms with Gasteiger partial charge in [0.15, 0.2) is 0 Å². The van der Waals surface area contributed by atoms with Crippen LogP contribution in [-0.4, -0.2) is 13.1 Å². The molecule has 0 atom stereocenters. The Morgan fingerprint density at radius 2 is 1.92 bits per heavy atom. The molecule has 4 heteroatoms. The fourth-order valence-corrected chi connectivity index (χ4v) is 0.949. The van der Waals surface area contributed by atoms with Crippen LogP contribution in [0.3, 0.4) is 0 Å². The van der Waals surface area contributed by atoms with E-state index in [1.807, 2.05) is 6.92 Å². The summed E-state index contributed by atoms with van der Waals surface area (Å²) in [5.41, 5.74) is -0.490. The van der Waals surface area contributed by atoms with Crippen LogP contribution in [0.5, 0.6) is 0 Å². The second-order valence-electron chi connectivity index (χ2n) is 2.69. The van der Waals surface area contributed by atoms with Crippen molar-refractivity contribution >= 4 is 5.97 Å². The third-order valence-electron chi connectivity index (χ3n) is 1.69. The molecular formula is C9H14F2O2. The molecule has 0 unspecified atom stereocenters. The minimum absolute atomic E-state index is 0.100. The highest BCUT2D eigenvalue weighted by atomic mass is 19.3. The maximum Gasteiger partial charge on any atom is 0.339 e. The Labute approximate surface area is 76.6 Å². The molecule has 2 nitrogen and oxygen atoms in total. The molecule has 76 valence electrons. The quantitative estimate of drug-likeness (QED) is 0.380. The van der Waals surface area contributed by atoms with Crippen LogP contribution >= 0.6 is 0 Å². The average molecular weight is 192 g/mol. The molecule has 0 aliphatic rings. The summed E-state index contributed by atoms with van der Waals surface area (Å²) in [6.07, 6.45) is 0.542. The van der Waals surface area contributed by atoms with E-state index in [1.165, 1.54) is 0 Å². The number of esters is 1. The second kappa shape index (κ2) is 6.57. The summed E-state index contributed by atoms with van der Waals surface area (Å²) in [5.74, 6) is -0.920. The van der Waals surface area contributed by atoms with Crippen molar-refractivity contribution in [2.24, 2.45) is 0 Å². The van der Waals surface area contributed by atoms with E-state index in [1.54, 1.807) is 0 Å². The van der Waals surface area contributed by atoms with Gasteiger partial charge in [-0.3, -0.25) is 0 Å². The van der Waals surface area contributed by atoms with E-state index in [-0.39, 0.29) is 6.42 Å². The first-order valence-electron chi connectivity index (χ1n) is 4.26. The lowest BCUT2D eigenvalue weighted by molar-refractivity contribution is -0.136. The first kappa shape index (κ1) is 12.1. The van der Waals surface area contributed by atoms with Crippen LogP contribution in [0.15, 0.2) is 11.7 Å². The summed E-state index contributed by atoms with van der Waals surface area (Å²) in [4.78, 5) is 10.8. The van der Waals surface area contributed by atoms with Crippen molar-refractivity contribution in [3.05, 3.63) is 11.7 Å². The molecule has 0 heterocycles. The molecule has 0 aliphatic carbocycles. The molecule has 0 bridgehead atoms. The molecule has 0 saturated carbocycles. The van der Waals surface area contributed by atoms with Crippen LogP contribution in [0.4, 0.5) is 8.78 Å². The van der Waals surface area contributed by atoms with Gasteiger partial charge in [-0.1, -0.05) is 19.8 Å². The van der Waals surface area contributed by atoms with E-state index in [0.717, 1.165) is 20.0 Å². The molecule has 13 heavy (non-hydrogen) atoms. The number of rotatable bonds is 5. The predicted octanol–water partition coefficient (Wildman–Crippen LogP) is 2.89. The van der Waals surface area contributed by atoms with Gasteiger partial charge in [0.2, 0.25) is 0 Å². The second-order valence-corrected chi connectivity index (χ2v) is 2.69. The van der Waals surface area contributed by atoms with Crippen LogP contribution in [0.1, 0.15) is 32.6 Å². The van der Waals surface area contributed by atoms with Crippen LogP contribution in [0, 0.1) is 0 Å². The number of ether oxygens (including phenoxy) is 1. The zero-order valence-corrected chi connectivity index (χ0v) is 7.90. The molecule has 0 aliphatic heterocycles. The summed E-state index contributed by atoms with van der Waals surface area (Å²) >= 11 is 0. The maximum atomic E-state index is 12.1. The molecule has 0 rings (SSSR count). The molecule has 0 N–H and O–H groups in total. The topological polar surface area (TPSA) is 26.3 Å². The highest BCUT2D eigenvalue weighted by Crippen LogP contribution is 2.16. The number of halogens is 2. The van der Waals surface area contributed by atoms with Gasteiger partial charge in [0, 0.05) is 0 Å². The Morgan fingerprint density at radius 1 is 1.31 bits per heavy atom. The Kier molecular flexibility index (Phi) is 6.10. The Morgan fingerprint density at radius 3 is 2.31 bits per heavy atom. The number of hydrogen-bond donors (Lipinski definition) is 0. The summed E-state index contributed by atoms with van der Waals surface area (Å²) < 4.78 is 28.5. The van der Waals surface area contributed by atoms with E-state index in [2.05, 4.69) is 4.74 Å². The maximum absolute atomic E-state index is 12.1. The largest absolute Gasteiger partial charge is 0.466 e. The van der Waals surface area contributed by atoms with Gasteiger partial charge >= 0.3 is 5.97 Å². The summed E-state index contributed by atoms with van der Waals surface area (Å²) in [5, 5.41) is 0. The van der Waals surface area contributed by atoms with Gasteiger partial charge < -0.3 is 4.74 Å². The van der Waals surface area contributed by atoms with Crippen LogP contribution in [0.2, 0.25) is 0 Å². The van der Waals surface area contributed by atoms with Crippen molar-refractivity contribution in [1.29, 1.82) is 0 Å². The van der Waals surface area contributed by atoms with Crippen LogP contribution in [-0.2, 0) is 9.53 Å². The lowest BCUT2D eigenvalue weighted by Crippen LogP contribution is -2.05. The molecular weight excluding hydrogens is 178 g/mol. The molecule has 0 radical (unpaired) electrons. The van der Waals surface area contributed by atoms with Crippen molar-refractivity contribution in [3.8, 4) is 0 Å². The minimum atomic E-state index is -1.93. The van der Waals surface area contributed by atoms with Gasteiger partial charge in [-0.2, -0.15) is 8.78 Å². The van der Waals surface area contributed by atoms with Crippen molar-refractivity contribution in [2.45, 2.75) is 32.6 Å². The van der Waals surface area contributed by atoms with Gasteiger partial charge in [0.05, 0.1) is 7.11 Å². The Hall–Kier alpha value is -0.930. The van der Waals surface area contributed by atoms with Gasteiger partial charge in [0.1, 0.15) is 5.57 Å². The monoisotopic (exact) mass is 192 g/mol. The first-order chi connectivity index (χ1) is 6.13. The number of carbonyl (C=O) groups excluding carboxylic acids is 1. The SMILES string of the molecule is CCCCCC(C(=O)OC)=C(F)F. The normalized spacial score (nSPS) is 9.54. The lowest BCUT2D eigenvalue weighted by atomic mass is 10.1. The lowest BCUT2D eigenvalue weighted by Gasteiger charge is -2.02. The summed E-state index contributed by atoms with van der Waals surface area (Å²) in [6.45, 7) is 1.97. The van der Waals surface area contributed by atoms with Crippen LogP contribution in [0.25, 0.3) is 0 Å². The third kappa shape index (κ3) is 4.60. The number of methoxy groups -OCH3 is 1. The third-order valence-corrected chi connectivity index (χ3v) is 1.69. The van der Waals surface area contributed by atoms with Gasteiger partial charge in [-0.05, 0) is 12.8 Å². The van der Waals surface area contributed by atoms with Crippen molar-refractivity contribution < 1.29 is 18.3 Å². The van der Waals surface area contributed by atoms with E-state index >= 15 is 0 Å². The zero-order valence-electron chi connectivity index (χ0n) is 7.90. The van der Waals surface area contributed by atoms with Crippen molar-refractivity contribution in [3.63, 3.8) is 0 Å². The van der Waals surface area contributed by atoms with E-state index < -0.39 is 17.6 Å². The molecule has 0 fully saturated rings. The Bertz CT molecular complexity index is 196. The van der Waals surface area contributed by atoms with E-state index in [0.29, 0.717) is 6.42 Å². The highest BCUT2D eigenvalue weighted by Gasteiger charge is 2.15. The fourth-order valence-electron chi connectivity index (χ4n) is 0.949. The number of hydrogen-bond acceptors (Lipinski definition) is 2. The van der Waals surface area contributed by atoms with E-state index in [4.69, 9.17) is 0 Å². The van der Waals surface area contributed by atoms with E-state index in [9.17, 15) is 13.6 Å². The molecule has 0 aromatic rings. The molecule has 0 saturated heterocycles. The summed E-state index contributed by atoms with van der Waals surface area (Å²) in [7, 11) is 1.10. The molecule has 0 aromatic heterocycles. The van der Waals surface area contributed by atoms with Crippen molar-refractivity contribution in [2.75, 3.05) is 7.11 Å². The molecule has 0 spiro atoms. The number of unbranched alkanes of at least 4 members (excludes halogenated alkanes) is 2. The van der Waals surface area contributed by atoms with Gasteiger partial charge in [-0.25, -0.2) is 4.79 Å². The minimum Gasteiger partial charge on any atom is -0.466 e. The van der Waals surface area contributed by atoms with Crippen molar-refractivity contribution in [1.82, 2.24) is 0 Å². The summed E-state index contributed by atoms with van der Waals surface area (Å²) in [6, 6.07) is 0.